The summed E-state index contributed by atoms with van der Waals surface area (Å²) in [4.78, 5) is 20.0. The third-order valence-electron chi connectivity index (χ3n) is 2.20. The summed E-state index contributed by atoms with van der Waals surface area (Å²) in [6.45, 7) is 3.54. The number of hydrogen-bond donors (Lipinski definition) is 3. The minimum absolute atomic E-state index is 0.161. The summed E-state index contributed by atoms with van der Waals surface area (Å²) in [5.41, 5.74) is 4.20. The molecule has 7 nitrogen and oxygen atoms in total. The number of nitrogens with zero attached hydrogens (tertiary/aromatic N) is 2. The molecule has 2 aromatic rings. The van der Waals surface area contributed by atoms with Crippen molar-refractivity contribution >= 4 is 17.7 Å². The molecule has 4 N–H and O–H groups in total. The van der Waals surface area contributed by atoms with E-state index in [9.17, 15) is 4.79 Å². The molecular weight excluding hydrogens is 234 g/mol. The summed E-state index contributed by atoms with van der Waals surface area (Å²) >= 11 is 0. The third kappa shape index (κ3) is 2.64. The maximum absolute atomic E-state index is 11.9. The van der Waals surface area contributed by atoms with Crippen LogP contribution in [0, 0.1) is 13.8 Å². The number of carbonyl (C=O) groups is 1. The topological polar surface area (TPSA) is 106 Å². The fourth-order valence-electron chi connectivity index (χ4n) is 1.45. The Hall–Kier alpha value is -2.41. The zero-order valence-electron chi connectivity index (χ0n) is 10.0. The molecule has 0 saturated carbocycles. The Morgan fingerprint density at radius 2 is 2.06 bits per heavy atom. The average Bonchev–Trinajstić information content (AvgIpc) is 2.73. The van der Waals surface area contributed by atoms with E-state index >= 15 is 0 Å². The summed E-state index contributed by atoms with van der Waals surface area (Å²) in [6, 6.07) is 3.35. The Labute approximate surface area is 103 Å². The van der Waals surface area contributed by atoms with Crippen molar-refractivity contribution in [2.24, 2.45) is 5.84 Å². The first kappa shape index (κ1) is 12.1. The number of pyridine rings is 1. The molecule has 7 heteroatoms. The monoisotopic (exact) mass is 247 g/mol. The van der Waals surface area contributed by atoms with E-state index in [4.69, 9.17) is 10.3 Å². The summed E-state index contributed by atoms with van der Waals surface area (Å²) in [7, 11) is 0. The van der Waals surface area contributed by atoms with E-state index in [2.05, 4.69) is 20.7 Å². The van der Waals surface area contributed by atoms with E-state index in [-0.39, 0.29) is 11.9 Å². The lowest BCUT2D eigenvalue weighted by molar-refractivity contribution is 0.102. The predicted octanol–water partition coefficient (Wildman–Crippen LogP) is 1.22. The standard InChI is InChI=1S/C11H13N5O2/c1-6-3-8(4-9(13-6)16-12)10(17)15-11-14-7(2)5-18-11/h3-5H,12H2,1-2H3,(H,13,16)(H,14,15,17). The van der Waals surface area contributed by atoms with Gasteiger partial charge in [0.05, 0.1) is 5.69 Å². The first-order valence-corrected chi connectivity index (χ1v) is 5.27. The highest BCUT2D eigenvalue weighted by atomic mass is 16.4. The second-order valence-electron chi connectivity index (χ2n) is 3.77. The van der Waals surface area contributed by atoms with Crippen molar-refractivity contribution < 1.29 is 9.21 Å². The number of aromatic nitrogens is 2. The van der Waals surface area contributed by atoms with Crippen molar-refractivity contribution in [1.29, 1.82) is 0 Å². The second kappa shape index (κ2) is 4.84. The highest BCUT2D eigenvalue weighted by Crippen LogP contribution is 2.12. The Morgan fingerprint density at radius 1 is 1.28 bits per heavy atom. The number of nitrogens with two attached hydrogens (primary N) is 1. The zero-order chi connectivity index (χ0) is 13.1. The van der Waals surface area contributed by atoms with Crippen LogP contribution in [0.15, 0.2) is 22.8 Å². The quantitative estimate of drug-likeness (QED) is 0.556. The molecule has 0 aliphatic heterocycles. The molecule has 0 atom stereocenters. The fourth-order valence-corrected chi connectivity index (χ4v) is 1.45. The van der Waals surface area contributed by atoms with Crippen LogP contribution in [0.25, 0.3) is 0 Å². The number of oxazole rings is 1. The molecule has 0 radical (unpaired) electrons. The summed E-state index contributed by atoms with van der Waals surface area (Å²) < 4.78 is 5.04. The number of aryl methyl sites for hydroxylation is 2. The van der Waals surface area contributed by atoms with Crippen molar-refractivity contribution in [3.8, 4) is 0 Å². The number of carbonyl (C=O) groups excluding carboxylic acids is 1. The van der Waals surface area contributed by atoms with Crippen LogP contribution in [0.5, 0.6) is 0 Å². The van der Waals surface area contributed by atoms with Crippen LogP contribution in [0.2, 0.25) is 0 Å². The molecule has 0 bridgehead atoms. The highest BCUT2D eigenvalue weighted by molar-refractivity contribution is 6.03. The van der Waals surface area contributed by atoms with Crippen LogP contribution in [0.1, 0.15) is 21.7 Å². The minimum atomic E-state index is -0.334. The van der Waals surface area contributed by atoms with Gasteiger partial charge in [-0.25, -0.2) is 10.8 Å². The zero-order valence-corrected chi connectivity index (χ0v) is 10.0. The average molecular weight is 247 g/mol. The molecule has 0 aliphatic rings. The van der Waals surface area contributed by atoms with Gasteiger partial charge in [0.25, 0.3) is 5.91 Å². The van der Waals surface area contributed by atoms with Gasteiger partial charge >= 0.3 is 6.01 Å². The van der Waals surface area contributed by atoms with Crippen LogP contribution in [0.3, 0.4) is 0 Å². The smallest absolute Gasteiger partial charge is 0.301 e. The van der Waals surface area contributed by atoms with E-state index in [1.165, 1.54) is 12.3 Å². The fraction of sp³-hybridized carbons (Fsp3) is 0.182. The Balaban J connectivity index is 2.20. The molecule has 0 unspecified atom stereocenters. The van der Waals surface area contributed by atoms with E-state index in [0.717, 1.165) is 0 Å². The van der Waals surface area contributed by atoms with Crippen LogP contribution in [-0.2, 0) is 0 Å². The van der Waals surface area contributed by atoms with Gasteiger partial charge in [-0.15, -0.1) is 0 Å². The Bertz CT molecular complexity index is 579. The molecule has 0 saturated heterocycles. The largest absolute Gasteiger partial charge is 0.432 e. The number of hydrazine groups is 1. The van der Waals surface area contributed by atoms with Gasteiger partial charge in [-0.05, 0) is 26.0 Å². The number of nitrogen functional groups attached to an aromatic ring is 1. The first-order valence-electron chi connectivity index (χ1n) is 5.27. The van der Waals surface area contributed by atoms with Crippen LogP contribution in [0.4, 0.5) is 11.8 Å². The predicted molar refractivity (Wildman–Crippen MR) is 66.0 cm³/mol. The molecular formula is C11H13N5O2. The van der Waals surface area contributed by atoms with Gasteiger partial charge in [-0.2, -0.15) is 4.98 Å². The first-order chi connectivity index (χ1) is 8.58. The normalized spacial score (nSPS) is 10.2. The SMILES string of the molecule is Cc1cc(C(=O)Nc2nc(C)co2)cc(NN)n1. The van der Waals surface area contributed by atoms with Gasteiger partial charge < -0.3 is 9.84 Å². The Kier molecular flexibility index (Phi) is 3.24. The molecule has 2 rings (SSSR count). The van der Waals surface area contributed by atoms with E-state index in [0.29, 0.717) is 22.8 Å². The van der Waals surface area contributed by atoms with Crippen LogP contribution in [-0.4, -0.2) is 15.9 Å². The molecule has 0 aromatic carbocycles. The molecule has 1 amide bonds. The second-order valence-corrected chi connectivity index (χ2v) is 3.77. The number of anilines is 2. The van der Waals surface area contributed by atoms with Crippen LogP contribution >= 0.6 is 0 Å². The Morgan fingerprint density at radius 3 is 2.67 bits per heavy atom. The van der Waals surface area contributed by atoms with Crippen molar-refractivity contribution in [2.75, 3.05) is 10.7 Å². The van der Waals surface area contributed by atoms with Gasteiger partial charge in [0.15, 0.2) is 0 Å². The van der Waals surface area contributed by atoms with Gasteiger partial charge in [-0.1, -0.05) is 0 Å². The minimum Gasteiger partial charge on any atom is -0.432 e. The third-order valence-corrected chi connectivity index (χ3v) is 2.20. The maximum Gasteiger partial charge on any atom is 0.301 e. The maximum atomic E-state index is 11.9. The molecule has 18 heavy (non-hydrogen) atoms. The summed E-state index contributed by atoms with van der Waals surface area (Å²) in [5.74, 6) is 5.35. The highest BCUT2D eigenvalue weighted by Gasteiger charge is 2.11. The lowest BCUT2D eigenvalue weighted by atomic mass is 10.2. The molecule has 0 spiro atoms. The number of amides is 1. The van der Waals surface area contributed by atoms with Crippen molar-refractivity contribution in [2.45, 2.75) is 13.8 Å². The van der Waals surface area contributed by atoms with E-state index < -0.39 is 0 Å². The van der Waals surface area contributed by atoms with Gasteiger partial charge in [0.1, 0.15) is 12.1 Å². The molecule has 94 valence electrons. The van der Waals surface area contributed by atoms with E-state index in [1.54, 1.807) is 19.9 Å². The number of rotatable bonds is 3. The van der Waals surface area contributed by atoms with Gasteiger partial charge in [0, 0.05) is 11.3 Å². The van der Waals surface area contributed by atoms with Gasteiger partial charge in [-0.3, -0.25) is 10.1 Å². The van der Waals surface area contributed by atoms with E-state index in [1.807, 2.05) is 0 Å². The molecule has 0 aliphatic carbocycles. The summed E-state index contributed by atoms with van der Waals surface area (Å²) in [6.07, 6.45) is 1.46. The number of hydrogen-bond acceptors (Lipinski definition) is 6. The lowest BCUT2D eigenvalue weighted by Crippen LogP contribution is -2.15. The van der Waals surface area contributed by atoms with Crippen molar-refractivity contribution in [3.63, 3.8) is 0 Å². The van der Waals surface area contributed by atoms with Crippen LogP contribution < -0.4 is 16.6 Å². The molecule has 2 aromatic heterocycles. The molecule has 2 heterocycles. The lowest BCUT2D eigenvalue weighted by Gasteiger charge is -2.05. The molecule has 0 fully saturated rings. The number of nitrogens with one attached hydrogen (secondary N) is 2. The van der Waals surface area contributed by atoms with Crippen molar-refractivity contribution in [3.05, 3.63) is 35.3 Å². The van der Waals surface area contributed by atoms with Crippen molar-refractivity contribution in [1.82, 2.24) is 9.97 Å². The van der Waals surface area contributed by atoms with Gasteiger partial charge in [0.2, 0.25) is 0 Å². The summed E-state index contributed by atoms with van der Waals surface area (Å²) in [5, 5.41) is 2.54.